The van der Waals surface area contributed by atoms with Gasteiger partial charge >= 0.3 is 0 Å². The molecule has 0 aromatic carbocycles. The zero-order valence-electron chi connectivity index (χ0n) is 7.00. The molecule has 0 amide bonds. The van der Waals surface area contributed by atoms with Gasteiger partial charge in [0.25, 0.3) is 0 Å². The van der Waals surface area contributed by atoms with Gasteiger partial charge in [-0.2, -0.15) is 0 Å². The van der Waals surface area contributed by atoms with Crippen LogP contribution in [0, 0.1) is 0 Å². The third-order valence-corrected chi connectivity index (χ3v) is 1.54. The molecule has 0 rings (SSSR count). The van der Waals surface area contributed by atoms with Gasteiger partial charge in [-0.05, 0) is 19.5 Å². The molecule has 0 spiro atoms. The van der Waals surface area contributed by atoms with E-state index in [1.165, 1.54) is 0 Å². The SMILES string of the molecule is NCCCN(CCN)CCO. The smallest absolute Gasteiger partial charge is 0.0558 e. The van der Waals surface area contributed by atoms with E-state index < -0.39 is 0 Å². The highest BCUT2D eigenvalue weighted by Crippen LogP contribution is 1.88. The van der Waals surface area contributed by atoms with Crippen LogP contribution in [0.2, 0.25) is 0 Å². The predicted octanol–water partition coefficient (Wildman–Crippen LogP) is -1.41. The van der Waals surface area contributed by atoms with E-state index in [0.29, 0.717) is 19.6 Å². The standard InChI is InChI=1S/C7H19N3O/c8-2-1-4-10(5-3-9)6-7-11/h11H,1-9H2. The van der Waals surface area contributed by atoms with Crippen LogP contribution in [-0.2, 0) is 0 Å². The third kappa shape index (κ3) is 6.25. The fourth-order valence-corrected chi connectivity index (χ4v) is 0.974. The average Bonchev–Trinajstić information content (AvgIpc) is 2.01. The molecule has 68 valence electrons. The molecule has 0 aliphatic heterocycles. The Hall–Kier alpha value is -0.160. The van der Waals surface area contributed by atoms with E-state index in [4.69, 9.17) is 16.6 Å². The number of nitrogens with zero attached hydrogens (tertiary/aromatic N) is 1. The molecule has 4 nitrogen and oxygen atoms in total. The maximum atomic E-state index is 8.65. The van der Waals surface area contributed by atoms with E-state index in [2.05, 4.69) is 4.90 Å². The van der Waals surface area contributed by atoms with Crippen LogP contribution in [0.5, 0.6) is 0 Å². The normalized spacial score (nSPS) is 10.9. The lowest BCUT2D eigenvalue weighted by Crippen LogP contribution is -2.33. The summed E-state index contributed by atoms with van der Waals surface area (Å²) in [5.41, 5.74) is 10.7. The summed E-state index contributed by atoms with van der Waals surface area (Å²) in [6.45, 7) is 4.04. The Morgan fingerprint density at radius 1 is 1.00 bits per heavy atom. The molecule has 0 saturated carbocycles. The summed E-state index contributed by atoms with van der Waals surface area (Å²) in [7, 11) is 0. The van der Waals surface area contributed by atoms with Crippen molar-refractivity contribution in [3.8, 4) is 0 Å². The fraction of sp³-hybridized carbons (Fsp3) is 1.00. The molecule has 4 heteroatoms. The Bertz CT molecular complexity index is 74.1. The molecule has 0 aromatic rings. The first-order chi connectivity index (χ1) is 5.35. The Kier molecular flexibility index (Phi) is 7.83. The summed E-state index contributed by atoms with van der Waals surface area (Å²) < 4.78 is 0. The Labute approximate surface area is 68.2 Å². The second kappa shape index (κ2) is 7.94. The van der Waals surface area contributed by atoms with Crippen molar-refractivity contribution < 1.29 is 5.11 Å². The van der Waals surface area contributed by atoms with E-state index in [1.54, 1.807) is 0 Å². The number of aliphatic hydroxyl groups is 1. The molecule has 0 atom stereocenters. The van der Waals surface area contributed by atoms with Gasteiger partial charge in [-0.15, -0.1) is 0 Å². The van der Waals surface area contributed by atoms with Crippen molar-refractivity contribution in [2.75, 3.05) is 39.3 Å². The van der Waals surface area contributed by atoms with Gasteiger partial charge in [0.1, 0.15) is 0 Å². The number of hydrogen-bond donors (Lipinski definition) is 3. The average molecular weight is 161 g/mol. The van der Waals surface area contributed by atoms with Gasteiger partial charge < -0.3 is 16.6 Å². The van der Waals surface area contributed by atoms with Crippen molar-refractivity contribution in [1.82, 2.24) is 4.90 Å². The zero-order chi connectivity index (χ0) is 8.53. The molecule has 0 radical (unpaired) electrons. The maximum Gasteiger partial charge on any atom is 0.0558 e. The minimum absolute atomic E-state index is 0.199. The molecule has 0 fully saturated rings. The Balaban J connectivity index is 3.34. The van der Waals surface area contributed by atoms with Crippen molar-refractivity contribution in [1.29, 1.82) is 0 Å². The summed E-state index contributed by atoms with van der Waals surface area (Å²) in [6, 6.07) is 0. The third-order valence-electron chi connectivity index (χ3n) is 1.54. The molecule has 0 aromatic heterocycles. The maximum absolute atomic E-state index is 8.65. The van der Waals surface area contributed by atoms with Crippen molar-refractivity contribution >= 4 is 0 Å². The summed E-state index contributed by atoms with van der Waals surface area (Å²) >= 11 is 0. The molecule has 0 aliphatic rings. The lowest BCUT2D eigenvalue weighted by Gasteiger charge is -2.19. The van der Waals surface area contributed by atoms with Gasteiger partial charge in [0.05, 0.1) is 6.61 Å². The van der Waals surface area contributed by atoms with E-state index >= 15 is 0 Å². The second-order valence-electron chi connectivity index (χ2n) is 2.50. The minimum atomic E-state index is 0.199. The summed E-state index contributed by atoms with van der Waals surface area (Å²) in [6.07, 6.45) is 0.972. The molecule has 0 heterocycles. The molecular formula is C7H19N3O. The monoisotopic (exact) mass is 161 g/mol. The van der Waals surface area contributed by atoms with E-state index in [1.807, 2.05) is 0 Å². The van der Waals surface area contributed by atoms with Crippen LogP contribution in [0.15, 0.2) is 0 Å². The Morgan fingerprint density at radius 3 is 2.18 bits per heavy atom. The van der Waals surface area contributed by atoms with E-state index in [9.17, 15) is 0 Å². The van der Waals surface area contributed by atoms with Crippen LogP contribution in [0.25, 0.3) is 0 Å². The first kappa shape index (κ1) is 10.8. The summed E-state index contributed by atoms with van der Waals surface area (Å²) in [5, 5.41) is 8.65. The first-order valence-electron chi connectivity index (χ1n) is 4.08. The lowest BCUT2D eigenvalue weighted by molar-refractivity contribution is 0.198. The largest absolute Gasteiger partial charge is 0.395 e. The quantitative estimate of drug-likeness (QED) is 0.429. The van der Waals surface area contributed by atoms with Crippen LogP contribution in [0.1, 0.15) is 6.42 Å². The molecule has 0 bridgehead atoms. The zero-order valence-corrected chi connectivity index (χ0v) is 7.00. The second-order valence-corrected chi connectivity index (χ2v) is 2.50. The summed E-state index contributed by atoms with van der Waals surface area (Å²) in [4.78, 5) is 2.12. The Morgan fingerprint density at radius 2 is 1.73 bits per heavy atom. The van der Waals surface area contributed by atoms with Gasteiger partial charge in [0.2, 0.25) is 0 Å². The van der Waals surface area contributed by atoms with Crippen LogP contribution in [0.3, 0.4) is 0 Å². The van der Waals surface area contributed by atoms with Crippen molar-refractivity contribution in [3.63, 3.8) is 0 Å². The van der Waals surface area contributed by atoms with Gasteiger partial charge in [-0.3, -0.25) is 4.90 Å². The fourth-order valence-electron chi connectivity index (χ4n) is 0.974. The molecule has 0 saturated heterocycles. The lowest BCUT2D eigenvalue weighted by atomic mass is 10.3. The van der Waals surface area contributed by atoms with E-state index in [0.717, 1.165) is 19.5 Å². The first-order valence-corrected chi connectivity index (χ1v) is 4.08. The van der Waals surface area contributed by atoms with Crippen LogP contribution < -0.4 is 11.5 Å². The molecule has 5 N–H and O–H groups in total. The highest BCUT2D eigenvalue weighted by Gasteiger charge is 2.00. The minimum Gasteiger partial charge on any atom is -0.395 e. The van der Waals surface area contributed by atoms with Crippen LogP contribution in [0.4, 0.5) is 0 Å². The molecule has 11 heavy (non-hydrogen) atoms. The molecule has 0 aliphatic carbocycles. The number of hydrogen-bond acceptors (Lipinski definition) is 4. The van der Waals surface area contributed by atoms with E-state index in [-0.39, 0.29) is 6.61 Å². The van der Waals surface area contributed by atoms with Crippen molar-refractivity contribution in [3.05, 3.63) is 0 Å². The highest BCUT2D eigenvalue weighted by atomic mass is 16.3. The van der Waals surface area contributed by atoms with Gasteiger partial charge in [0, 0.05) is 19.6 Å². The molecule has 0 unspecified atom stereocenters. The molecular weight excluding hydrogens is 142 g/mol. The van der Waals surface area contributed by atoms with Crippen LogP contribution >= 0.6 is 0 Å². The predicted molar refractivity (Wildman–Crippen MR) is 46.3 cm³/mol. The summed E-state index contributed by atoms with van der Waals surface area (Å²) in [5.74, 6) is 0. The van der Waals surface area contributed by atoms with Gasteiger partial charge in [-0.25, -0.2) is 0 Å². The van der Waals surface area contributed by atoms with Crippen molar-refractivity contribution in [2.24, 2.45) is 11.5 Å². The number of rotatable bonds is 7. The topological polar surface area (TPSA) is 75.5 Å². The number of nitrogens with two attached hydrogens (primary N) is 2. The highest BCUT2D eigenvalue weighted by molar-refractivity contribution is 4.57. The van der Waals surface area contributed by atoms with Crippen molar-refractivity contribution in [2.45, 2.75) is 6.42 Å². The van der Waals surface area contributed by atoms with Crippen LogP contribution in [-0.4, -0.2) is 49.3 Å². The van der Waals surface area contributed by atoms with Gasteiger partial charge in [0.15, 0.2) is 0 Å². The van der Waals surface area contributed by atoms with Gasteiger partial charge in [-0.1, -0.05) is 0 Å². The number of aliphatic hydroxyl groups excluding tert-OH is 1.